The molecule has 0 fully saturated rings. The summed E-state index contributed by atoms with van der Waals surface area (Å²) in [5, 5.41) is 20.5. The minimum Gasteiger partial charge on any atom is -0.503 e. The quantitative estimate of drug-likeness (QED) is 0.680. The molecule has 3 rings (SSSR count). The maximum atomic E-state index is 13.3. The number of Topliss-reactive ketones (excluding diaryl/α,β-unsaturated/α-hetero) is 1. The lowest BCUT2D eigenvalue weighted by Gasteiger charge is -2.28. The lowest BCUT2D eigenvalue weighted by molar-refractivity contribution is -0.130. The Balaban J connectivity index is 2.06. The van der Waals surface area contributed by atoms with Crippen molar-refractivity contribution in [3.63, 3.8) is 0 Å². The number of methoxy groups -OCH3 is 1. The first-order valence-corrected chi connectivity index (χ1v) is 9.95. The van der Waals surface area contributed by atoms with E-state index in [1.165, 1.54) is 12.0 Å². The maximum Gasteiger partial charge on any atom is 0.290 e. The molecule has 2 unspecified atom stereocenters. The molecule has 158 valence electrons. The molecule has 1 aliphatic heterocycles. The van der Waals surface area contributed by atoms with E-state index in [9.17, 15) is 19.8 Å². The number of nitrogens with zero attached hydrogens (tertiary/aromatic N) is 1. The number of ketones is 1. The normalized spacial score (nSPS) is 17.6. The molecular formula is C24H27NO5. The van der Waals surface area contributed by atoms with Gasteiger partial charge in [0.05, 0.1) is 24.8 Å². The summed E-state index contributed by atoms with van der Waals surface area (Å²) < 4.78 is 5.13. The molecule has 0 bridgehead atoms. The summed E-state index contributed by atoms with van der Waals surface area (Å²) in [5.74, 6) is -0.736. The zero-order valence-corrected chi connectivity index (χ0v) is 17.6. The monoisotopic (exact) mass is 409 g/mol. The van der Waals surface area contributed by atoms with Crippen LogP contribution in [-0.2, 0) is 4.79 Å². The zero-order valence-electron chi connectivity index (χ0n) is 17.6. The van der Waals surface area contributed by atoms with Crippen molar-refractivity contribution in [2.75, 3.05) is 13.7 Å². The van der Waals surface area contributed by atoms with Gasteiger partial charge >= 0.3 is 0 Å². The molecule has 0 radical (unpaired) electrons. The third-order valence-electron chi connectivity index (χ3n) is 5.28. The Morgan fingerprint density at radius 2 is 1.67 bits per heavy atom. The molecular weight excluding hydrogens is 382 g/mol. The van der Waals surface area contributed by atoms with Crippen LogP contribution in [0.4, 0.5) is 0 Å². The van der Waals surface area contributed by atoms with Gasteiger partial charge in [0.15, 0.2) is 11.5 Å². The summed E-state index contributed by atoms with van der Waals surface area (Å²) in [7, 11) is 1.53. The molecule has 1 amide bonds. The molecule has 6 nitrogen and oxygen atoms in total. The number of β-amino-alcohol motifs (C(OH)–C–C–N with tert-alkyl or cyclic N) is 1. The van der Waals surface area contributed by atoms with Crippen LogP contribution in [0.3, 0.4) is 0 Å². The van der Waals surface area contributed by atoms with Gasteiger partial charge in [0.25, 0.3) is 5.91 Å². The molecule has 2 aromatic carbocycles. The summed E-state index contributed by atoms with van der Waals surface area (Å²) in [5.41, 5.74) is 2.19. The number of amides is 1. The molecule has 30 heavy (non-hydrogen) atoms. The first kappa shape index (κ1) is 21.6. The topological polar surface area (TPSA) is 87.1 Å². The second kappa shape index (κ2) is 8.71. The van der Waals surface area contributed by atoms with Gasteiger partial charge in [0.2, 0.25) is 0 Å². The Kier molecular flexibility index (Phi) is 6.27. The molecule has 0 aliphatic carbocycles. The lowest BCUT2D eigenvalue weighted by Crippen LogP contribution is -2.36. The fourth-order valence-electron chi connectivity index (χ4n) is 3.67. The molecule has 0 saturated heterocycles. The van der Waals surface area contributed by atoms with Crippen LogP contribution in [0.15, 0.2) is 59.9 Å². The van der Waals surface area contributed by atoms with Crippen molar-refractivity contribution in [1.82, 2.24) is 4.90 Å². The van der Waals surface area contributed by atoms with Crippen molar-refractivity contribution in [2.45, 2.75) is 38.8 Å². The van der Waals surface area contributed by atoms with Crippen LogP contribution in [0.25, 0.3) is 0 Å². The Bertz CT molecular complexity index is 958. The summed E-state index contributed by atoms with van der Waals surface area (Å²) >= 11 is 0. The Morgan fingerprint density at radius 1 is 1.07 bits per heavy atom. The predicted molar refractivity (Wildman–Crippen MR) is 114 cm³/mol. The zero-order chi connectivity index (χ0) is 22.0. The molecule has 6 heteroatoms. The van der Waals surface area contributed by atoms with E-state index >= 15 is 0 Å². The molecule has 2 N–H and O–H groups in total. The number of aliphatic hydroxyl groups excluding tert-OH is 2. The average Bonchev–Trinajstić information content (AvgIpc) is 2.97. The average molecular weight is 409 g/mol. The van der Waals surface area contributed by atoms with Gasteiger partial charge in [-0.2, -0.15) is 0 Å². The third-order valence-corrected chi connectivity index (χ3v) is 5.28. The van der Waals surface area contributed by atoms with Crippen molar-refractivity contribution in [3.05, 3.63) is 76.6 Å². The number of carbonyl (C=O) groups excluding carboxylic acids is 2. The highest BCUT2D eigenvalue weighted by atomic mass is 16.5. The first-order chi connectivity index (χ1) is 14.2. The standard InChI is InChI=1S/C24H27NO5/c1-14(2)16-5-7-17(8-6-16)21-20(23(28)24(29)25(21)13-15(3)26)22(27)18-9-11-19(30-4)12-10-18/h5-12,14-15,21,26,28H,13H2,1-4H3. The van der Waals surface area contributed by atoms with Gasteiger partial charge in [0, 0.05) is 12.1 Å². The first-order valence-electron chi connectivity index (χ1n) is 9.95. The molecule has 0 spiro atoms. The van der Waals surface area contributed by atoms with Gasteiger partial charge in [-0.05, 0) is 48.2 Å². The largest absolute Gasteiger partial charge is 0.503 e. The van der Waals surface area contributed by atoms with Crippen LogP contribution < -0.4 is 4.74 Å². The lowest BCUT2D eigenvalue weighted by atomic mass is 9.91. The minimum absolute atomic E-state index is 0.00111. The van der Waals surface area contributed by atoms with Crippen molar-refractivity contribution in [2.24, 2.45) is 0 Å². The van der Waals surface area contributed by atoms with Crippen LogP contribution in [0.2, 0.25) is 0 Å². The van der Waals surface area contributed by atoms with Crippen LogP contribution in [0.5, 0.6) is 5.75 Å². The van der Waals surface area contributed by atoms with E-state index in [1.807, 2.05) is 24.3 Å². The Hall–Kier alpha value is -3.12. The number of hydrogen-bond acceptors (Lipinski definition) is 5. The number of ether oxygens (including phenoxy) is 1. The second-order valence-electron chi connectivity index (χ2n) is 7.85. The van der Waals surface area contributed by atoms with Gasteiger partial charge in [-0.15, -0.1) is 0 Å². The van der Waals surface area contributed by atoms with Crippen molar-refractivity contribution in [3.8, 4) is 5.75 Å². The molecule has 1 aliphatic rings. The predicted octanol–water partition coefficient (Wildman–Crippen LogP) is 3.78. The fourth-order valence-corrected chi connectivity index (χ4v) is 3.67. The van der Waals surface area contributed by atoms with Crippen LogP contribution in [-0.4, -0.2) is 46.6 Å². The SMILES string of the molecule is COc1ccc(C(=O)C2=C(O)C(=O)N(CC(C)O)C2c2ccc(C(C)C)cc2)cc1. The molecule has 2 aromatic rings. The van der Waals surface area contributed by atoms with Crippen LogP contribution in [0, 0.1) is 0 Å². The number of benzene rings is 2. The number of rotatable bonds is 7. The van der Waals surface area contributed by atoms with E-state index in [0.717, 1.165) is 5.56 Å². The van der Waals surface area contributed by atoms with Gasteiger partial charge < -0.3 is 19.8 Å². The van der Waals surface area contributed by atoms with E-state index in [-0.39, 0.29) is 12.1 Å². The van der Waals surface area contributed by atoms with Crippen LogP contribution in [0.1, 0.15) is 54.2 Å². The highest BCUT2D eigenvalue weighted by Crippen LogP contribution is 2.39. The maximum absolute atomic E-state index is 13.3. The van der Waals surface area contributed by atoms with E-state index < -0.39 is 29.6 Å². The second-order valence-corrected chi connectivity index (χ2v) is 7.85. The summed E-state index contributed by atoms with van der Waals surface area (Å²) in [6.07, 6.45) is -0.811. The molecule has 1 heterocycles. The summed E-state index contributed by atoms with van der Waals surface area (Å²) in [6, 6.07) is 13.4. The van der Waals surface area contributed by atoms with Gasteiger partial charge in [-0.1, -0.05) is 38.1 Å². The van der Waals surface area contributed by atoms with Crippen molar-refractivity contribution < 1.29 is 24.5 Å². The minimum atomic E-state index is -0.811. The van der Waals surface area contributed by atoms with E-state index in [0.29, 0.717) is 22.8 Å². The van der Waals surface area contributed by atoms with Crippen LogP contribution >= 0.6 is 0 Å². The van der Waals surface area contributed by atoms with E-state index in [1.54, 1.807) is 31.2 Å². The highest BCUT2D eigenvalue weighted by Gasteiger charge is 2.44. The number of aliphatic hydroxyl groups is 2. The smallest absolute Gasteiger partial charge is 0.290 e. The van der Waals surface area contributed by atoms with E-state index in [4.69, 9.17) is 4.74 Å². The van der Waals surface area contributed by atoms with E-state index in [2.05, 4.69) is 13.8 Å². The number of carbonyl (C=O) groups is 2. The Morgan fingerprint density at radius 3 is 2.17 bits per heavy atom. The fraction of sp³-hybridized carbons (Fsp3) is 0.333. The number of hydrogen-bond donors (Lipinski definition) is 2. The summed E-state index contributed by atoms with van der Waals surface area (Å²) in [4.78, 5) is 27.4. The Labute approximate surface area is 176 Å². The molecule has 0 saturated carbocycles. The highest BCUT2D eigenvalue weighted by molar-refractivity contribution is 6.16. The molecule has 0 aromatic heterocycles. The molecule has 2 atom stereocenters. The van der Waals surface area contributed by atoms with Crippen molar-refractivity contribution in [1.29, 1.82) is 0 Å². The summed E-state index contributed by atoms with van der Waals surface area (Å²) in [6.45, 7) is 5.72. The third kappa shape index (κ3) is 4.09. The van der Waals surface area contributed by atoms with Gasteiger partial charge in [-0.25, -0.2) is 0 Å². The van der Waals surface area contributed by atoms with Crippen molar-refractivity contribution >= 4 is 11.7 Å². The van der Waals surface area contributed by atoms with Gasteiger partial charge in [-0.3, -0.25) is 9.59 Å². The van der Waals surface area contributed by atoms with Gasteiger partial charge in [0.1, 0.15) is 5.75 Å².